The van der Waals surface area contributed by atoms with Gasteiger partial charge in [0.2, 0.25) is 5.75 Å². The molecule has 2 aromatic carbocycles. The van der Waals surface area contributed by atoms with E-state index in [1.54, 1.807) is 43.3 Å². The van der Waals surface area contributed by atoms with Gasteiger partial charge in [-0.25, -0.2) is 4.68 Å². The van der Waals surface area contributed by atoms with Gasteiger partial charge in [-0.05, 0) is 35.9 Å². The van der Waals surface area contributed by atoms with Crippen molar-refractivity contribution in [1.82, 2.24) is 19.6 Å². The number of para-hydroxylation sites is 1. The fourth-order valence-electron chi connectivity index (χ4n) is 3.76. The van der Waals surface area contributed by atoms with Gasteiger partial charge in [0.1, 0.15) is 0 Å². The minimum absolute atomic E-state index is 0.0743. The molecule has 1 aliphatic rings. The number of methoxy groups -OCH3 is 2. The second kappa shape index (κ2) is 10.6. The Bertz CT molecular complexity index is 1060. The summed E-state index contributed by atoms with van der Waals surface area (Å²) in [4.78, 5) is 17.1. The summed E-state index contributed by atoms with van der Waals surface area (Å²) < 4.78 is 18.1. The van der Waals surface area contributed by atoms with Crippen molar-refractivity contribution in [3.05, 3.63) is 71.0 Å². The number of carbonyl (C=O) groups is 1. The van der Waals surface area contributed by atoms with Gasteiger partial charge in [-0.3, -0.25) is 9.69 Å². The molecule has 0 atom stereocenters. The number of hydrogen-bond donors (Lipinski definition) is 0. The summed E-state index contributed by atoms with van der Waals surface area (Å²) in [6, 6.07) is 15.0. The lowest BCUT2D eigenvalue weighted by Crippen LogP contribution is -2.48. The summed E-state index contributed by atoms with van der Waals surface area (Å²) in [5.41, 5.74) is 1.61. The summed E-state index contributed by atoms with van der Waals surface area (Å²) in [6.45, 7) is 3.91. The number of ether oxygens (including phenoxy) is 3. The smallest absolute Gasteiger partial charge is 0.274 e. The van der Waals surface area contributed by atoms with E-state index < -0.39 is 0 Å². The van der Waals surface area contributed by atoms with Crippen LogP contribution in [0.15, 0.2) is 54.7 Å². The Labute approximate surface area is 198 Å². The van der Waals surface area contributed by atoms with Gasteiger partial charge in [0.15, 0.2) is 23.9 Å². The van der Waals surface area contributed by atoms with Crippen LogP contribution in [0, 0.1) is 0 Å². The molecule has 1 fully saturated rings. The molecule has 174 valence electrons. The molecule has 1 saturated heterocycles. The maximum Gasteiger partial charge on any atom is 0.274 e. The molecule has 9 heteroatoms. The van der Waals surface area contributed by atoms with Crippen LogP contribution in [0.4, 0.5) is 0 Å². The molecule has 0 radical (unpaired) electrons. The van der Waals surface area contributed by atoms with Crippen molar-refractivity contribution in [2.45, 2.75) is 13.3 Å². The van der Waals surface area contributed by atoms with Gasteiger partial charge in [0.05, 0.1) is 14.2 Å². The highest BCUT2D eigenvalue weighted by Gasteiger charge is 2.24. The van der Waals surface area contributed by atoms with E-state index in [1.807, 2.05) is 35.2 Å². The van der Waals surface area contributed by atoms with Gasteiger partial charge >= 0.3 is 0 Å². The molecule has 1 aromatic heterocycles. The van der Waals surface area contributed by atoms with Crippen LogP contribution >= 0.6 is 11.6 Å². The SMILES string of the molecule is COc1cccc(OC)c1OCn1ccc(C(=O)N2CCN(Cc3ccc(Cl)cc3)CC2)n1. The number of amides is 1. The Morgan fingerprint density at radius 3 is 2.27 bits per heavy atom. The fraction of sp³-hybridized carbons (Fsp3) is 0.333. The Kier molecular flexibility index (Phi) is 7.36. The number of rotatable bonds is 8. The normalized spacial score (nSPS) is 14.2. The molecule has 4 rings (SSSR count). The summed E-state index contributed by atoms with van der Waals surface area (Å²) in [5.74, 6) is 1.54. The van der Waals surface area contributed by atoms with E-state index in [0.717, 1.165) is 24.7 Å². The maximum absolute atomic E-state index is 12.9. The van der Waals surface area contributed by atoms with Crippen molar-refractivity contribution in [2.75, 3.05) is 40.4 Å². The van der Waals surface area contributed by atoms with Crippen LogP contribution in [0.2, 0.25) is 5.02 Å². The van der Waals surface area contributed by atoms with E-state index in [9.17, 15) is 4.79 Å². The van der Waals surface area contributed by atoms with Crippen molar-refractivity contribution < 1.29 is 19.0 Å². The second-order valence-electron chi connectivity index (χ2n) is 7.70. The third-order valence-corrected chi connectivity index (χ3v) is 5.81. The molecule has 0 bridgehead atoms. The molecule has 0 saturated carbocycles. The molecule has 0 spiro atoms. The lowest BCUT2D eigenvalue weighted by atomic mass is 10.2. The van der Waals surface area contributed by atoms with Gasteiger partial charge in [-0.1, -0.05) is 29.8 Å². The van der Waals surface area contributed by atoms with Crippen molar-refractivity contribution in [2.24, 2.45) is 0 Å². The molecule has 1 amide bonds. The molecule has 0 unspecified atom stereocenters. The van der Waals surface area contributed by atoms with Crippen LogP contribution in [0.25, 0.3) is 0 Å². The predicted octanol–water partition coefficient (Wildman–Crippen LogP) is 3.55. The molecule has 1 aliphatic heterocycles. The highest BCUT2D eigenvalue weighted by molar-refractivity contribution is 6.30. The third-order valence-electron chi connectivity index (χ3n) is 5.56. The lowest BCUT2D eigenvalue weighted by Gasteiger charge is -2.34. The molecule has 0 aliphatic carbocycles. The van der Waals surface area contributed by atoms with Crippen LogP contribution in [-0.2, 0) is 13.3 Å². The van der Waals surface area contributed by atoms with E-state index >= 15 is 0 Å². The average molecular weight is 471 g/mol. The first-order valence-corrected chi connectivity index (χ1v) is 11.1. The van der Waals surface area contributed by atoms with Gasteiger partial charge in [-0.2, -0.15) is 5.10 Å². The van der Waals surface area contributed by atoms with Gasteiger partial charge in [0, 0.05) is 43.9 Å². The lowest BCUT2D eigenvalue weighted by molar-refractivity contribution is 0.0620. The fourth-order valence-corrected chi connectivity index (χ4v) is 3.88. The quantitative estimate of drug-likeness (QED) is 0.501. The van der Waals surface area contributed by atoms with Crippen LogP contribution in [0.1, 0.15) is 16.1 Å². The van der Waals surface area contributed by atoms with E-state index in [-0.39, 0.29) is 12.6 Å². The minimum atomic E-state index is -0.0743. The van der Waals surface area contributed by atoms with Crippen molar-refractivity contribution in [3.8, 4) is 17.2 Å². The summed E-state index contributed by atoms with van der Waals surface area (Å²) in [7, 11) is 3.14. The predicted molar refractivity (Wildman–Crippen MR) is 125 cm³/mol. The first-order chi connectivity index (χ1) is 16.1. The Balaban J connectivity index is 1.31. The summed E-state index contributed by atoms with van der Waals surface area (Å²) in [6.07, 6.45) is 1.73. The largest absolute Gasteiger partial charge is 0.493 e. The van der Waals surface area contributed by atoms with E-state index in [4.69, 9.17) is 25.8 Å². The number of piperazine rings is 1. The molecular weight excluding hydrogens is 444 g/mol. The maximum atomic E-state index is 12.9. The zero-order chi connectivity index (χ0) is 23.2. The molecular formula is C24H27ClN4O4. The van der Waals surface area contributed by atoms with Gasteiger partial charge in [-0.15, -0.1) is 0 Å². The topological polar surface area (TPSA) is 69.1 Å². The van der Waals surface area contributed by atoms with Crippen LogP contribution in [-0.4, -0.2) is 65.9 Å². The van der Waals surface area contributed by atoms with Crippen LogP contribution in [0.5, 0.6) is 17.2 Å². The van der Waals surface area contributed by atoms with E-state index in [0.29, 0.717) is 36.0 Å². The van der Waals surface area contributed by atoms with Crippen LogP contribution in [0.3, 0.4) is 0 Å². The first kappa shape index (κ1) is 22.9. The van der Waals surface area contributed by atoms with Gasteiger partial charge < -0.3 is 19.1 Å². The zero-order valence-electron chi connectivity index (χ0n) is 18.7. The average Bonchev–Trinajstić information content (AvgIpc) is 3.33. The van der Waals surface area contributed by atoms with Gasteiger partial charge in [0.25, 0.3) is 5.91 Å². The first-order valence-electron chi connectivity index (χ1n) is 10.7. The van der Waals surface area contributed by atoms with Crippen LogP contribution < -0.4 is 14.2 Å². The third kappa shape index (κ3) is 5.58. The molecule has 33 heavy (non-hydrogen) atoms. The highest BCUT2D eigenvalue weighted by Crippen LogP contribution is 2.36. The zero-order valence-corrected chi connectivity index (χ0v) is 19.5. The Morgan fingerprint density at radius 2 is 1.64 bits per heavy atom. The number of benzene rings is 2. The molecule has 2 heterocycles. The molecule has 3 aromatic rings. The van der Waals surface area contributed by atoms with Crippen molar-refractivity contribution >= 4 is 17.5 Å². The van der Waals surface area contributed by atoms with Crippen molar-refractivity contribution in [3.63, 3.8) is 0 Å². The Hall–Kier alpha value is -3.23. The number of hydrogen-bond acceptors (Lipinski definition) is 6. The number of halogens is 1. The number of aromatic nitrogens is 2. The second-order valence-corrected chi connectivity index (χ2v) is 8.14. The number of carbonyl (C=O) groups excluding carboxylic acids is 1. The minimum Gasteiger partial charge on any atom is -0.493 e. The highest BCUT2D eigenvalue weighted by atomic mass is 35.5. The molecule has 8 nitrogen and oxygen atoms in total. The summed E-state index contributed by atoms with van der Waals surface area (Å²) in [5, 5.41) is 5.14. The number of nitrogens with zero attached hydrogens (tertiary/aromatic N) is 4. The van der Waals surface area contributed by atoms with E-state index in [2.05, 4.69) is 10.00 Å². The standard InChI is InChI=1S/C24H27ClN4O4/c1-31-21-4-3-5-22(32-2)23(21)33-17-29-11-10-20(26-29)24(30)28-14-12-27(13-15-28)16-18-6-8-19(25)9-7-18/h3-11H,12-17H2,1-2H3. The Morgan fingerprint density at radius 1 is 0.970 bits per heavy atom. The van der Waals surface area contributed by atoms with E-state index in [1.165, 1.54) is 5.56 Å². The monoisotopic (exact) mass is 470 g/mol. The molecule has 0 N–H and O–H groups in total. The van der Waals surface area contributed by atoms with Crippen molar-refractivity contribution in [1.29, 1.82) is 0 Å². The summed E-state index contributed by atoms with van der Waals surface area (Å²) >= 11 is 5.96.